The van der Waals surface area contributed by atoms with Gasteiger partial charge in [0.15, 0.2) is 5.69 Å². The van der Waals surface area contributed by atoms with Gasteiger partial charge < -0.3 is 15.5 Å². The highest BCUT2D eigenvalue weighted by Crippen LogP contribution is 2.40. The summed E-state index contributed by atoms with van der Waals surface area (Å²) in [5, 5.41) is 6.39. The van der Waals surface area contributed by atoms with Crippen LogP contribution in [0.2, 0.25) is 0 Å². The molecule has 11 nitrogen and oxygen atoms in total. The summed E-state index contributed by atoms with van der Waals surface area (Å²) < 4.78 is 31.0. The van der Waals surface area contributed by atoms with Crippen LogP contribution in [0.3, 0.4) is 0 Å². The van der Waals surface area contributed by atoms with Crippen LogP contribution in [0, 0.1) is 5.92 Å². The number of alkyl halides is 2. The topological polar surface area (TPSA) is 123 Å². The summed E-state index contributed by atoms with van der Waals surface area (Å²) in [4.78, 5) is 42.3. The van der Waals surface area contributed by atoms with E-state index in [-0.39, 0.29) is 53.8 Å². The normalized spacial score (nSPS) is 24.0. The molecule has 0 radical (unpaired) electrons. The molecule has 0 bridgehead atoms. The predicted molar refractivity (Wildman–Crippen MR) is 154 cm³/mol. The summed E-state index contributed by atoms with van der Waals surface area (Å²) in [6.07, 6.45) is 3.38. The first-order valence-electron chi connectivity index (χ1n) is 14.7. The summed E-state index contributed by atoms with van der Waals surface area (Å²) in [7, 11) is 3.93. The number of imide groups is 1. The van der Waals surface area contributed by atoms with Gasteiger partial charge in [-0.15, -0.1) is 0 Å². The number of piperidine rings is 1. The summed E-state index contributed by atoms with van der Waals surface area (Å²) in [5.74, 6) is -0.158. The Balaban J connectivity index is 1.09. The third-order valence-corrected chi connectivity index (χ3v) is 9.41. The van der Waals surface area contributed by atoms with E-state index in [1.165, 1.54) is 6.20 Å². The van der Waals surface area contributed by atoms with Crippen molar-refractivity contribution in [2.75, 3.05) is 37.3 Å². The van der Waals surface area contributed by atoms with Crippen molar-refractivity contribution in [1.29, 1.82) is 0 Å². The fourth-order valence-corrected chi connectivity index (χ4v) is 7.07. The highest BCUT2D eigenvalue weighted by molar-refractivity contribution is 5.96. The Kier molecular flexibility index (Phi) is 7.54. The first kappa shape index (κ1) is 28.4. The minimum Gasteiger partial charge on any atom is -0.396 e. The molecule has 3 aromatic rings. The van der Waals surface area contributed by atoms with E-state index in [1.807, 2.05) is 12.1 Å². The van der Waals surface area contributed by atoms with Gasteiger partial charge in [0.1, 0.15) is 0 Å². The van der Waals surface area contributed by atoms with Crippen LogP contribution in [0.5, 0.6) is 0 Å². The van der Waals surface area contributed by atoms with Gasteiger partial charge in [-0.3, -0.25) is 28.7 Å². The second-order valence-corrected chi connectivity index (χ2v) is 12.1. The molecule has 2 amide bonds. The third-order valence-electron chi connectivity index (χ3n) is 9.41. The third kappa shape index (κ3) is 5.18. The summed E-state index contributed by atoms with van der Waals surface area (Å²) in [6, 6.07) is 6.11. The number of fused-ring (bicyclic) bond motifs is 1. The summed E-state index contributed by atoms with van der Waals surface area (Å²) >= 11 is 0. The number of halogens is 2. The first-order chi connectivity index (χ1) is 20.1. The maximum Gasteiger partial charge on any atom is 0.329 e. The minimum atomic E-state index is -2.66. The summed E-state index contributed by atoms with van der Waals surface area (Å²) in [5.41, 5.74) is 7.88. The number of aryl methyl sites for hydroxylation is 1. The van der Waals surface area contributed by atoms with Crippen LogP contribution in [0.1, 0.15) is 69.1 Å². The van der Waals surface area contributed by atoms with Crippen LogP contribution in [-0.2, 0) is 16.6 Å². The van der Waals surface area contributed by atoms with Gasteiger partial charge in [-0.2, -0.15) is 5.10 Å². The quantitative estimate of drug-likeness (QED) is 0.410. The average molecular weight is 585 g/mol. The van der Waals surface area contributed by atoms with Gasteiger partial charge in [-0.05, 0) is 57.2 Å². The van der Waals surface area contributed by atoms with Crippen molar-refractivity contribution in [3.8, 4) is 0 Å². The summed E-state index contributed by atoms with van der Waals surface area (Å²) in [6.45, 7) is 2.65. The molecule has 1 saturated carbocycles. The Labute approximate surface area is 242 Å². The first-order valence-corrected chi connectivity index (χ1v) is 14.7. The van der Waals surface area contributed by atoms with Crippen LogP contribution >= 0.6 is 0 Å². The number of nitrogens with two attached hydrogens (primary N) is 1. The Morgan fingerprint density at radius 2 is 1.83 bits per heavy atom. The molecule has 6 rings (SSSR count). The van der Waals surface area contributed by atoms with Crippen molar-refractivity contribution in [2.24, 2.45) is 13.0 Å². The smallest absolute Gasteiger partial charge is 0.329 e. The van der Waals surface area contributed by atoms with E-state index in [0.717, 1.165) is 62.0 Å². The number of hydrogen-bond acceptors (Lipinski definition) is 7. The minimum absolute atomic E-state index is 0.0537. The molecule has 1 aliphatic carbocycles. The van der Waals surface area contributed by atoms with Crippen molar-refractivity contribution in [3.63, 3.8) is 0 Å². The Morgan fingerprint density at radius 1 is 1.10 bits per heavy atom. The van der Waals surface area contributed by atoms with Crippen LogP contribution in [0.15, 0.2) is 29.2 Å². The number of carbonyl (C=O) groups is 2. The lowest BCUT2D eigenvalue weighted by Crippen LogP contribution is -2.46. The largest absolute Gasteiger partial charge is 0.396 e. The van der Waals surface area contributed by atoms with Crippen molar-refractivity contribution in [3.05, 3.63) is 40.6 Å². The molecule has 226 valence electrons. The number of para-hydroxylation sites is 1. The molecular formula is C29H38F2N8O3. The van der Waals surface area contributed by atoms with Gasteiger partial charge in [0.25, 0.3) is 6.43 Å². The Bertz CT molecular complexity index is 1550. The molecule has 1 atom stereocenters. The van der Waals surface area contributed by atoms with Gasteiger partial charge in [0.2, 0.25) is 11.8 Å². The molecule has 13 heteroatoms. The number of anilines is 2. The van der Waals surface area contributed by atoms with Crippen molar-refractivity contribution >= 4 is 34.2 Å². The molecule has 3 N–H and O–H groups in total. The second-order valence-electron chi connectivity index (χ2n) is 12.1. The fraction of sp³-hybridized carbons (Fsp3) is 0.586. The van der Waals surface area contributed by atoms with Gasteiger partial charge in [-0.25, -0.2) is 13.6 Å². The lowest BCUT2D eigenvalue weighted by molar-refractivity contribution is -0.129. The van der Waals surface area contributed by atoms with Crippen LogP contribution < -0.4 is 21.6 Å². The monoisotopic (exact) mass is 584 g/mol. The van der Waals surface area contributed by atoms with Crippen molar-refractivity contribution in [2.45, 2.75) is 69.5 Å². The Morgan fingerprint density at radius 3 is 2.52 bits per heavy atom. The fourth-order valence-electron chi connectivity index (χ4n) is 7.07. The van der Waals surface area contributed by atoms with Gasteiger partial charge in [-0.1, -0.05) is 6.07 Å². The Hall–Kier alpha value is -3.74. The molecule has 4 heterocycles. The zero-order valence-corrected chi connectivity index (χ0v) is 24.0. The van der Waals surface area contributed by atoms with E-state index in [0.29, 0.717) is 18.4 Å². The number of carbonyl (C=O) groups excluding carboxylic acids is 2. The molecule has 2 aromatic heterocycles. The molecule has 0 spiro atoms. The van der Waals surface area contributed by atoms with Crippen LogP contribution in [0.25, 0.3) is 11.0 Å². The molecule has 1 unspecified atom stereocenters. The van der Waals surface area contributed by atoms with Crippen LogP contribution in [-0.4, -0.2) is 68.4 Å². The second kappa shape index (κ2) is 11.2. The lowest BCUT2D eigenvalue weighted by Gasteiger charge is -2.42. The molecule has 2 aliphatic heterocycles. The van der Waals surface area contributed by atoms with E-state index in [2.05, 4.69) is 33.3 Å². The lowest BCUT2D eigenvalue weighted by atomic mass is 9.79. The predicted octanol–water partition coefficient (Wildman–Crippen LogP) is 2.98. The highest BCUT2D eigenvalue weighted by Gasteiger charge is 2.35. The number of imidazole rings is 1. The van der Waals surface area contributed by atoms with E-state index in [9.17, 15) is 23.2 Å². The number of hydrogen-bond donors (Lipinski definition) is 2. The highest BCUT2D eigenvalue weighted by atomic mass is 19.3. The van der Waals surface area contributed by atoms with E-state index >= 15 is 0 Å². The molecule has 42 heavy (non-hydrogen) atoms. The maximum atomic E-state index is 13.4. The zero-order chi connectivity index (χ0) is 29.7. The maximum absolute atomic E-state index is 13.4. The number of aromatic nitrogens is 4. The zero-order valence-electron chi connectivity index (χ0n) is 24.0. The standard InChI is InChI=1S/C29H38F2N8O3/c1-35(15-17-12-20(13-17)38-16-21(32)26(34-38)28(30)31)18-8-10-37(11-9-18)22-4-3-5-23-27(22)36(2)29(42)39(23)19-6-7-24(40)33-25(41)14-19/h3-5,16-20,28H,6-15,32H2,1-2H3,(H,33,40,41)/t17-,19?,20-. The van der Waals surface area contributed by atoms with Gasteiger partial charge in [0, 0.05) is 57.8 Å². The average Bonchev–Trinajstić information content (AvgIpc) is 3.38. The molecular weight excluding hydrogens is 546 g/mol. The number of benzene rings is 1. The van der Waals surface area contributed by atoms with Crippen molar-refractivity contribution < 1.29 is 18.4 Å². The molecule has 3 fully saturated rings. The van der Waals surface area contributed by atoms with Gasteiger partial charge in [0.05, 0.1) is 28.5 Å². The van der Waals surface area contributed by atoms with E-state index in [1.54, 1.807) is 20.9 Å². The molecule has 1 aromatic carbocycles. The van der Waals surface area contributed by atoms with E-state index in [4.69, 9.17) is 5.73 Å². The number of nitrogens with one attached hydrogen (secondary N) is 1. The van der Waals surface area contributed by atoms with Crippen molar-refractivity contribution in [1.82, 2.24) is 29.1 Å². The number of amides is 2. The number of nitrogen functional groups attached to an aromatic ring is 1. The van der Waals surface area contributed by atoms with E-state index < -0.39 is 6.43 Å². The van der Waals surface area contributed by atoms with Crippen LogP contribution in [0.4, 0.5) is 20.2 Å². The SMILES string of the molecule is CN(C[C@H]1C[C@H](n2cc(N)c(C(F)F)n2)C1)C1CCN(c2cccc3c2n(C)c(=O)n3C2CCC(=O)NC(=O)C2)CC1. The number of nitrogens with zero attached hydrogens (tertiary/aromatic N) is 6. The van der Waals surface area contributed by atoms with Gasteiger partial charge >= 0.3 is 5.69 Å². The molecule has 3 aliphatic rings. The molecule has 2 saturated heterocycles. The number of rotatable bonds is 7.